The second-order valence-corrected chi connectivity index (χ2v) is 9.87. The monoisotopic (exact) mass is 522 g/mol. The predicted octanol–water partition coefficient (Wildman–Crippen LogP) is 7.42. The minimum absolute atomic E-state index is 0.203. The maximum absolute atomic E-state index is 11.6. The lowest BCUT2D eigenvalue weighted by Gasteiger charge is -2.17. The van der Waals surface area contributed by atoms with Gasteiger partial charge < -0.3 is 19.3 Å². The van der Waals surface area contributed by atoms with Crippen molar-refractivity contribution in [3.8, 4) is 11.5 Å². The van der Waals surface area contributed by atoms with Crippen LogP contribution < -0.4 is 9.47 Å². The molecule has 2 aromatic rings. The van der Waals surface area contributed by atoms with Gasteiger partial charge in [0.05, 0.1) is 30.4 Å². The fourth-order valence-corrected chi connectivity index (χ4v) is 4.88. The van der Waals surface area contributed by atoms with Crippen molar-refractivity contribution in [3.05, 3.63) is 56.6 Å². The van der Waals surface area contributed by atoms with Gasteiger partial charge in [0.15, 0.2) is 0 Å². The van der Waals surface area contributed by atoms with Gasteiger partial charge in [-0.1, -0.05) is 23.2 Å². The largest absolute Gasteiger partial charge is 0.490 e. The number of esters is 1. The second-order valence-electron chi connectivity index (χ2n) is 9.00. The summed E-state index contributed by atoms with van der Waals surface area (Å²) in [6.07, 6.45) is 9.41. The van der Waals surface area contributed by atoms with E-state index in [0.717, 1.165) is 31.2 Å². The number of methoxy groups -OCH3 is 1. The number of rotatable bonds is 6. The molecule has 6 nitrogen and oxygen atoms in total. The maximum atomic E-state index is 11.6. The summed E-state index contributed by atoms with van der Waals surface area (Å²) in [6.45, 7) is 3.61. The van der Waals surface area contributed by atoms with Crippen LogP contribution >= 0.6 is 23.2 Å². The SMILES string of the molecule is COC(=O)c1cc(Cl)cc(OC2CCCC2)c1C.Cc1c(OC2CCCC2)cc(Cl)cc1C(=O)O. The van der Waals surface area contributed by atoms with Crippen LogP contribution in [0.15, 0.2) is 24.3 Å². The van der Waals surface area contributed by atoms with Crippen molar-refractivity contribution in [2.75, 3.05) is 7.11 Å². The summed E-state index contributed by atoms with van der Waals surface area (Å²) in [5.41, 5.74) is 2.12. The first kappa shape index (κ1) is 27.2. The van der Waals surface area contributed by atoms with Gasteiger partial charge in [-0.25, -0.2) is 9.59 Å². The molecule has 0 unspecified atom stereocenters. The van der Waals surface area contributed by atoms with Crippen molar-refractivity contribution < 1.29 is 28.9 Å². The molecule has 0 radical (unpaired) electrons. The van der Waals surface area contributed by atoms with Crippen molar-refractivity contribution in [1.29, 1.82) is 0 Å². The fourth-order valence-electron chi connectivity index (χ4n) is 4.47. The van der Waals surface area contributed by atoms with Gasteiger partial charge in [0.2, 0.25) is 0 Å². The first-order chi connectivity index (χ1) is 16.7. The molecule has 2 aliphatic carbocycles. The molecular formula is C27H32Cl2O6. The summed E-state index contributed by atoms with van der Waals surface area (Å²) in [6, 6.07) is 6.54. The zero-order valence-corrected chi connectivity index (χ0v) is 21.9. The van der Waals surface area contributed by atoms with Gasteiger partial charge in [-0.2, -0.15) is 0 Å². The molecule has 0 spiro atoms. The summed E-state index contributed by atoms with van der Waals surface area (Å²) in [7, 11) is 1.36. The van der Waals surface area contributed by atoms with Gasteiger partial charge in [0.1, 0.15) is 11.5 Å². The molecule has 2 saturated carbocycles. The molecule has 190 valence electrons. The number of carboxylic acids is 1. The van der Waals surface area contributed by atoms with Crippen LogP contribution in [-0.2, 0) is 4.74 Å². The highest BCUT2D eigenvalue weighted by Gasteiger charge is 2.21. The Morgan fingerprint density at radius 2 is 1.17 bits per heavy atom. The summed E-state index contributed by atoms with van der Waals surface area (Å²) in [5, 5.41) is 9.96. The number of halogens is 2. The summed E-state index contributed by atoms with van der Waals surface area (Å²) in [5.74, 6) is -0.0656. The van der Waals surface area contributed by atoms with E-state index in [0.29, 0.717) is 32.7 Å². The molecule has 0 amide bonds. The summed E-state index contributed by atoms with van der Waals surface area (Å²) < 4.78 is 16.5. The quantitative estimate of drug-likeness (QED) is 0.397. The lowest BCUT2D eigenvalue weighted by Crippen LogP contribution is -2.13. The molecule has 4 rings (SSSR count). The van der Waals surface area contributed by atoms with Gasteiger partial charge in [0, 0.05) is 21.2 Å². The average Bonchev–Trinajstić information content (AvgIpc) is 3.52. The van der Waals surface area contributed by atoms with E-state index in [9.17, 15) is 9.59 Å². The molecule has 0 saturated heterocycles. The van der Waals surface area contributed by atoms with Crippen LogP contribution in [0, 0.1) is 13.8 Å². The third-order valence-corrected chi connectivity index (χ3v) is 6.91. The number of aromatic carboxylic acids is 1. The minimum atomic E-state index is -0.971. The third-order valence-electron chi connectivity index (χ3n) is 6.48. The van der Waals surface area contributed by atoms with Crippen molar-refractivity contribution in [1.82, 2.24) is 0 Å². The van der Waals surface area contributed by atoms with Crippen LogP contribution in [0.25, 0.3) is 0 Å². The molecule has 0 atom stereocenters. The molecule has 0 bridgehead atoms. The molecule has 2 aromatic carbocycles. The Morgan fingerprint density at radius 3 is 1.57 bits per heavy atom. The molecule has 2 fully saturated rings. The molecule has 2 aliphatic rings. The Hall–Kier alpha value is -2.44. The Bertz CT molecular complexity index is 1060. The van der Waals surface area contributed by atoms with Gasteiger partial charge in [-0.15, -0.1) is 0 Å². The Labute approximate surface area is 216 Å². The highest BCUT2D eigenvalue weighted by Crippen LogP contribution is 2.32. The maximum Gasteiger partial charge on any atom is 0.338 e. The fraction of sp³-hybridized carbons (Fsp3) is 0.481. The lowest BCUT2D eigenvalue weighted by atomic mass is 10.1. The number of hydrogen-bond donors (Lipinski definition) is 1. The van der Waals surface area contributed by atoms with Crippen LogP contribution in [-0.4, -0.2) is 36.4 Å². The molecule has 0 aliphatic heterocycles. The van der Waals surface area contributed by atoms with Crippen molar-refractivity contribution in [2.24, 2.45) is 0 Å². The minimum Gasteiger partial charge on any atom is -0.490 e. The van der Waals surface area contributed by atoms with E-state index >= 15 is 0 Å². The van der Waals surface area contributed by atoms with Crippen molar-refractivity contribution in [3.63, 3.8) is 0 Å². The van der Waals surface area contributed by atoms with Gasteiger partial charge in [-0.05, 0) is 89.5 Å². The predicted molar refractivity (Wildman–Crippen MR) is 136 cm³/mol. The van der Waals surface area contributed by atoms with E-state index in [4.69, 9.17) is 42.5 Å². The first-order valence-electron chi connectivity index (χ1n) is 11.9. The van der Waals surface area contributed by atoms with Crippen molar-refractivity contribution in [2.45, 2.75) is 77.4 Å². The smallest absolute Gasteiger partial charge is 0.338 e. The van der Waals surface area contributed by atoms with Gasteiger partial charge in [-0.3, -0.25) is 0 Å². The van der Waals surface area contributed by atoms with Crippen LogP contribution in [0.2, 0.25) is 10.0 Å². The molecule has 35 heavy (non-hydrogen) atoms. The lowest BCUT2D eigenvalue weighted by molar-refractivity contribution is 0.0598. The standard InChI is InChI=1S/C14H17ClO3.C13H15ClO3/c1-9-12(14(16)17-2)7-10(15)8-13(9)18-11-5-3-4-6-11;1-8-11(13(15)16)6-9(14)7-12(8)17-10-4-2-3-5-10/h7-8,11H,3-6H2,1-2H3;6-7,10H,2-5H2,1H3,(H,15,16). The van der Waals surface area contributed by atoms with E-state index in [1.54, 1.807) is 25.1 Å². The van der Waals surface area contributed by atoms with E-state index in [1.165, 1.54) is 38.9 Å². The molecule has 0 aromatic heterocycles. The number of carboxylic acid groups (broad SMARTS) is 1. The zero-order valence-electron chi connectivity index (χ0n) is 20.4. The van der Waals surface area contributed by atoms with Gasteiger partial charge >= 0.3 is 11.9 Å². The van der Waals surface area contributed by atoms with E-state index in [1.807, 2.05) is 6.92 Å². The number of benzene rings is 2. The van der Waals surface area contributed by atoms with Crippen LogP contribution in [0.1, 0.15) is 83.2 Å². The topological polar surface area (TPSA) is 82.1 Å². The number of hydrogen-bond acceptors (Lipinski definition) is 5. The summed E-state index contributed by atoms with van der Waals surface area (Å²) in [4.78, 5) is 22.7. The number of carbonyl (C=O) groups is 2. The Kier molecular flexibility index (Phi) is 9.70. The molecular weight excluding hydrogens is 491 g/mol. The highest BCUT2D eigenvalue weighted by molar-refractivity contribution is 6.31. The van der Waals surface area contributed by atoms with Crippen LogP contribution in [0.3, 0.4) is 0 Å². The van der Waals surface area contributed by atoms with Crippen LogP contribution in [0.5, 0.6) is 11.5 Å². The average molecular weight is 523 g/mol. The van der Waals surface area contributed by atoms with E-state index in [2.05, 4.69) is 0 Å². The van der Waals surface area contributed by atoms with Crippen molar-refractivity contribution >= 4 is 35.1 Å². The normalized spacial score (nSPS) is 15.9. The summed E-state index contributed by atoms with van der Waals surface area (Å²) >= 11 is 11.9. The van der Waals surface area contributed by atoms with E-state index < -0.39 is 5.97 Å². The van der Waals surface area contributed by atoms with Crippen LogP contribution in [0.4, 0.5) is 0 Å². The number of carbonyl (C=O) groups excluding carboxylic acids is 1. The second kappa shape index (κ2) is 12.5. The Morgan fingerprint density at radius 1 is 0.771 bits per heavy atom. The highest BCUT2D eigenvalue weighted by atomic mass is 35.5. The molecule has 0 heterocycles. The Balaban J connectivity index is 0.000000196. The molecule has 8 heteroatoms. The van der Waals surface area contributed by atoms with Gasteiger partial charge in [0.25, 0.3) is 0 Å². The first-order valence-corrected chi connectivity index (χ1v) is 12.7. The number of ether oxygens (including phenoxy) is 3. The molecule has 1 N–H and O–H groups in total. The zero-order chi connectivity index (χ0) is 25.5. The third kappa shape index (κ3) is 7.28. The van der Waals surface area contributed by atoms with E-state index in [-0.39, 0.29) is 23.7 Å².